The normalized spacial score (nSPS) is 13.7. The minimum absolute atomic E-state index is 0.230. The van der Waals surface area contributed by atoms with Crippen molar-refractivity contribution in [1.29, 1.82) is 0 Å². The Morgan fingerprint density at radius 3 is 2.32 bits per heavy atom. The van der Waals surface area contributed by atoms with Crippen molar-refractivity contribution in [2.75, 3.05) is 24.6 Å². The number of hydrogen-bond donors (Lipinski definition) is 0. The minimum Gasteiger partial charge on any atom is -0.486 e. The maximum atomic E-state index is 12.7. The largest absolute Gasteiger partial charge is 0.486 e. The highest BCUT2D eigenvalue weighted by Crippen LogP contribution is 2.35. The van der Waals surface area contributed by atoms with Gasteiger partial charge in [0.1, 0.15) is 13.2 Å². The monoisotopic (exact) mass is 383 g/mol. The van der Waals surface area contributed by atoms with Crippen molar-refractivity contribution < 1.29 is 17.9 Å². The predicted octanol–water partition coefficient (Wildman–Crippen LogP) is 3.05. The van der Waals surface area contributed by atoms with Crippen molar-refractivity contribution in [3.05, 3.63) is 46.9 Å². The van der Waals surface area contributed by atoms with E-state index in [1.54, 1.807) is 42.5 Å². The third-order valence-electron chi connectivity index (χ3n) is 3.36. The molecule has 1 heterocycles. The van der Waals surface area contributed by atoms with Crippen LogP contribution in [0.2, 0.25) is 0 Å². The summed E-state index contributed by atoms with van der Waals surface area (Å²) in [5, 5.41) is 0. The Balaban J connectivity index is 1.95. The maximum Gasteiger partial charge on any atom is 0.264 e. The number of sulfonamides is 1. The molecule has 2 aromatic rings. The summed E-state index contributed by atoms with van der Waals surface area (Å²) in [7, 11) is -2.10. The summed E-state index contributed by atoms with van der Waals surface area (Å²) in [6.45, 7) is 0.957. The Labute approximate surface area is 137 Å². The maximum absolute atomic E-state index is 12.7. The van der Waals surface area contributed by atoms with E-state index in [-0.39, 0.29) is 4.90 Å². The van der Waals surface area contributed by atoms with Gasteiger partial charge in [-0.1, -0.05) is 15.9 Å². The molecule has 0 saturated heterocycles. The average molecular weight is 384 g/mol. The molecule has 0 fully saturated rings. The van der Waals surface area contributed by atoms with Gasteiger partial charge in [-0.25, -0.2) is 8.42 Å². The van der Waals surface area contributed by atoms with Gasteiger partial charge in [-0.15, -0.1) is 0 Å². The van der Waals surface area contributed by atoms with Gasteiger partial charge in [-0.05, 0) is 36.4 Å². The van der Waals surface area contributed by atoms with Crippen LogP contribution in [0.25, 0.3) is 0 Å². The van der Waals surface area contributed by atoms with E-state index in [1.807, 2.05) is 0 Å². The molecule has 0 atom stereocenters. The number of anilines is 1. The van der Waals surface area contributed by atoms with Crippen molar-refractivity contribution in [3.8, 4) is 11.5 Å². The Morgan fingerprint density at radius 1 is 1.00 bits per heavy atom. The molecule has 5 nitrogen and oxygen atoms in total. The molecule has 0 amide bonds. The van der Waals surface area contributed by atoms with Crippen molar-refractivity contribution in [2.24, 2.45) is 0 Å². The van der Waals surface area contributed by atoms with Crippen LogP contribution < -0.4 is 13.8 Å². The summed E-state index contributed by atoms with van der Waals surface area (Å²) in [5.41, 5.74) is 0.521. The van der Waals surface area contributed by atoms with E-state index in [0.29, 0.717) is 30.4 Å². The molecule has 0 radical (unpaired) electrons. The Bertz CT molecular complexity index is 790. The van der Waals surface area contributed by atoms with E-state index in [9.17, 15) is 8.42 Å². The first-order chi connectivity index (χ1) is 10.5. The van der Waals surface area contributed by atoms with E-state index in [2.05, 4.69) is 15.9 Å². The zero-order valence-electron chi connectivity index (χ0n) is 11.8. The van der Waals surface area contributed by atoms with E-state index < -0.39 is 10.0 Å². The van der Waals surface area contributed by atoms with Gasteiger partial charge in [0.2, 0.25) is 0 Å². The van der Waals surface area contributed by atoms with Crippen LogP contribution in [-0.2, 0) is 10.0 Å². The SMILES string of the molecule is CN(c1ccc2c(c1)OCCO2)S(=O)(=O)c1ccc(Br)cc1. The summed E-state index contributed by atoms with van der Waals surface area (Å²) in [6, 6.07) is 11.6. The highest BCUT2D eigenvalue weighted by Gasteiger charge is 2.23. The van der Waals surface area contributed by atoms with Crippen LogP contribution in [-0.4, -0.2) is 28.7 Å². The summed E-state index contributed by atoms with van der Waals surface area (Å²) in [6.07, 6.45) is 0. The van der Waals surface area contributed by atoms with Crippen molar-refractivity contribution >= 4 is 31.6 Å². The fraction of sp³-hybridized carbons (Fsp3) is 0.200. The number of rotatable bonds is 3. The molecular weight excluding hydrogens is 370 g/mol. The lowest BCUT2D eigenvalue weighted by Crippen LogP contribution is -2.26. The molecule has 22 heavy (non-hydrogen) atoms. The van der Waals surface area contributed by atoms with Gasteiger partial charge in [0.25, 0.3) is 10.0 Å². The second-order valence-corrected chi connectivity index (χ2v) is 7.64. The number of halogens is 1. The van der Waals surface area contributed by atoms with Crippen LogP contribution in [0, 0.1) is 0 Å². The van der Waals surface area contributed by atoms with Gasteiger partial charge in [-0.3, -0.25) is 4.31 Å². The first-order valence-electron chi connectivity index (χ1n) is 6.62. The molecule has 0 spiro atoms. The zero-order valence-corrected chi connectivity index (χ0v) is 14.2. The number of fused-ring (bicyclic) bond motifs is 1. The molecule has 0 aliphatic carbocycles. The Hall–Kier alpha value is -1.73. The Kier molecular flexibility index (Phi) is 4.01. The molecule has 116 valence electrons. The first-order valence-corrected chi connectivity index (χ1v) is 8.86. The summed E-state index contributed by atoms with van der Waals surface area (Å²) in [5.74, 6) is 1.19. The number of benzene rings is 2. The summed E-state index contributed by atoms with van der Waals surface area (Å²) in [4.78, 5) is 0.230. The van der Waals surface area contributed by atoms with E-state index in [4.69, 9.17) is 9.47 Å². The third-order valence-corrected chi connectivity index (χ3v) is 5.69. The predicted molar refractivity (Wildman–Crippen MR) is 87.2 cm³/mol. The third kappa shape index (κ3) is 2.78. The summed E-state index contributed by atoms with van der Waals surface area (Å²) < 4.78 is 38.3. The quantitative estimate of drug-likeness (QED) is 0.817. The van der Waals surface area contributed by atoms with Gasteiger partial charge in [0.15, 0.2) is 11.5 Å². The standard InChI is InChI=1S/C15H14BrNO4S/c1-17(22(18,19)13-5-2-11(16)3-6-13)12-4-7-14-15(10-12)21-9-8-20-14/h2-7,10H,8-9H2,1H3. The van der Waals surface area contributed by atoms with Crippen LogP contribution in [0.15, 0.2) is 51.8 Å². The lowest BCUT2D eigenvalue weighted by atomic mass is 10.2. The van der Waals surface area contributed by atoms with E-state index in [0.717, 1.165) is 4.47 Å². The van der Waals surface area contributed by atoms with Crippen LogP contribution in [0.3, 0.4) is 0 Å². The molecule has 0 saturated carbocycles. The molecule has 0 unspecified atom stereocenters. The second kappa shape index (κ2) is 5.81. The zero-order chi connectivity index (χ0) is 15.7. The number of nitrogens with zero attached hydrogens (tertiary/aromatic N) is 1. The lowest BCUT2D eigenvalue weighted by molar-refractivity contribution is 0.171. The fourth-order valence-corrected chi connectivity index (χ4v) is 3.58. The Morgan fingerprint density at radius 2 is 1.64 bits per heavy atom. The minimum atomic E-state index is -3.62. The first kappa shape index (κ1) is 15.2. The molecule has 2 aromatic carbocycles. The van der Waals surface area contributed by atoms with Gasteiger partial charge in [0, 0.05) is 17.6 Å². The van der Waals surface area contributed by atoms with Gasteiger partial charge >= 0.3 is 0 Å². The molecule has 7 heteroatoms. The van der Waals surface area contributed by atoms with Gasteiger partial charge in [-0.2, -0.15) is 0 Å². The molecule has 3 rings (SSSR count). The fourth-order valence-electron chi connectivity index (χ4n) is 2.13. The van der Waals surface area contributed by atoms with Gasteiger partial charge in [0.05, 0.1) is 10.6 Å². The average Bonchev–Trinajstić information content (AvgIpc) is 2.54. The molecule has 0 bridgehead atoms. The molecule has 1 aliphatic rings. The van der Waals surface area contributed by atoms with Gasteiger partial charge < -0.3 is 9.47 Å². The van der Waals surface area contributed by atoms with Crippen molar-refractivity contribution in [3.63, 3.8) is 0 Å². The van der Waals surface area contributed by atoms with E-state index in [1.165, 1.54) is 11.4 Å². The highest BCUT2D eigenvalue weighted by atomic mass is 79.9. The molecule has 0 aromatic heterocycles. The molecule has 1 aliphatic heterocycles. The van der Waals surface area contributed by atoms with Crippen LogP contribution >= 0.6 is 15.9 Å². The topological polar surface area (TPSA) is 55.8 Å². The molecule has 0 N–H and O–H groups in total. The second-order valence-electron chi connectivity index (χ2n) is 4.75. The van der Waals surface area contributed by atoms with Crippen LogP contribution in [0.1, 0.15) is 0 Å². The lowest BCUT2D eigenvalue weighted by Gasteiger charge is -2.23. The van der Waals surface area contributed by atoms with Crippen molar-refractivity contribution in [2.45, 2.75) is 4.90 Å². The van der Waals surface area contributed by atoms with Crippen molar-refractivity contribution in [1.82, 2.24) is 0 Å². The highest BCUT2D eigenvalue weighted by molar-refractivity contribution is 9.10. The summed E-state index contributed by atoms with van der Waals surface area (Å²) >= 11 is 3.30. The van der Waals surface area contributed by atoms with Crippen LogP contribution in [0.5, 0.6) is 11.5 Å². The molecular formula is C15H14BrNO4S. The number of ether oxygens (including phenoxy) is 2. The van der Waals surface area contributed by atoms with Crippen LogP contribution in [0.4, 0.5) is 5.69 Å². The smallest absolute Gasteiger partial charge is 0.264 e. The van der Waals surface area contributed by atoms with E-state index >= 15 is 0 Å². The number of hydrogen-bond acceptors (Lipinski definition) is 4.